The molecule has 4 aromatic rings. The van der Waals surface area contributed by atoms with E-state index in [4.69, 9.17) is 19.6 Å². The van der Waals surface area contributed by atoms with E-state index in [0.29, 0.717) is 5.95 Å². The van der Waals surface area contributed by atoms with E-state index in [-0.39, 0.29) is 6.47 Å². The van der Waals surface area contributed by atoms with Crippen LogP contribution in [0.2, 0.25) is 0 Å². The summed E-state index contributed by atoms with van der Waals surface area (Å²) < 4.78 is 7.07. The van der Waals surface area contributed by atoms with Gasteiger partial charge in [-0.15, -0.1) is 0 Å². The molecule has 0 saturated carbocycles. The van der Waals surface area contributed by atoms with Crippen molar-refractivity contribution >= 4 is 23.3 Å². The summed E-state index contributed by atoms with van der Waals surface area (Å²) in [5.74, 6) is 0.650. The number of pyridine rings is 1. The van der Waals surface area contributed by atoms with Gasteiger partial charge in [0.25, 0.3) is 6.47 Å². The maximum atomic E-state index is 8.36. The molecule has 1 aromatic carbocycles. The summed E-state index contributed by atoms with van der Waals surface area (Å²) >= 11 is 0. The third kappa shape index (κ3) is 7.35. The van der Waals surface area contributed by atoms with E-state index in [1.165, 1.54) is 5.56 Å². The van der Waals surface area contributed by atoms with Crippen molar-refractivity contribution in [3.63, 3.8) is 0 Å². The fourth-order valence-corrected chi connectivity index (χ4v) is 3.50. The first-order chi connectivity index (χ1) is 16.6. The van der Waals surface area contributed by atoms with Gasteiger partial charge in [0.15, 0.2) is 0 Å². The molecule has 0 bridgehead atoms. The Bertz CT molecular complexity index is 1190. The highest BCUT2D eigenvalue weighted by Gasteiger charge is 2.06. The van der Waals surface area contributed by atoms with Crippen molar-refractivity contribution in [1.29, 1.82) is 0 Å². The van der Waals surface area contributed by atoms with Gasteiger partial charge in [0.05, 0.1) is 11.7 Å². The first kappa shape index (κ1) is 24.8. The summed E-state index contributed by atoms with van der Waals surface area (Å²) in [6.45, 7) is 4.22. The van der Waals surface area contributed by atoms with E-state index >= 15 is 0 Å². The smallest absolute Gasteiger partial charge is 0.290 e. The topological polar surface area (TPSA) is 115 Å². The van der Waals surface area contributed by atoms with Crippen LogP contribution in [0.15, 0.2) is 55.1 Å². The van der Waals surface area contributed by atoms with Gasteiger partial charge in [-0.25, -0.2) is 9.97 Å². The lowest BCUT2D eigenvalue weighted by atomic mass is 10.1. The number of methoxy groups -OCH3 is 1. The van der Waals surface area contributed by atoms with Crippen molar-refractivity contribution in [1.82, 2.24) is 24.7 Å². The highest BCUT2D eigenvalue weighted by Crippen LogP contribution is 2.23. The van der Waals surface area contributed by atoms with Crippen LogP contribution in [-0.4, -0.2) is 56.6 Å². The average Bonchev–Trinajstić information content (AvgIpc) is 3.31. The van der Waals surface area contributed by atoms with Gasteiger partial charge >= 0.3 is 0 Å². The van der Waals surface area contributed by atoms with Crippen molar-refractivity contribution in [3.8, 4) is 11.1 Å². The van der Waals surface area contributed by atoms with Gasteiger partial charge < -0.3 is 15.2 Å². The molecule has 9 nitrogen and oxygen atoms in total. The standard InChI is InChI=1S/C24H28N6O.CH2O2/c1-18-8-10-25-22(13-18)5-3-9-26-24-27-15-20-7-6-19(14-23(20)29-24)21-16-28-30(17-21)11-4-12-31-2;2-1-3/h6-8,10,13-17H,3-5,9,11-12H2,1-2H3,(H,26,27,29);1H,(H,2,3). The number of aryl methyl sites for hydroxylation is 3. The number of benzene rings is 1. The number of aromatic nitrogens is 5. The van der Waals surface area contributed by atoms with Gasteiger partial charge in [0, 0.05) is 62.0 Å². The van der Waals surface area contributed by atoms with Gasteiger partial charge in [-0.1, -0.05) is 12.1 Å². The van der Waals surface area contributed by atoms with Gasteiger partial charge in [-0.2, -0.15) is 5.10 Å². The molecule has 0 saturated heterocycles. The van der Waals surface area contributed by atoms with Crippen LogP contribution in [0.5, 0.6) is 0 Å². The number of nitrogens with zero attached hydrogens (tertiary/aromatic N) is 5. The molecule has 4 rings (SSSR count). The Hall–Kier alpha value is -3.85. The minimum absolute atomic E-state index is 0.250. The number of fused-ring (bicyclic) bond motifs is 1. The number of rotatable bonds is 10. The zero-order valence-corrected chi connectivity index (χ0v) is 19.5. The summed E-state index contributed by atoms with van der Waals surface area (Å²) in [6, 6.07) is 10.4. The molecular formula is C25H30N6O3. The Morgan fingerprint density at radius 3 is 2.76 bits per heavy atom. The van der Waals surface area contributed by atoms with Crippen LogP contribution in [-0.2, 0) is 22.5 Å². The monoisotopic (exact) mass is 462 g/mol. The van der Waals surface area contributed by atoms with E-state index in [9.17, 15) is 0 Å². The van der Waals surface area contributed by atoms with Crippen molar-refractivity contribution in [2.75, 3.05) is 25.6 Å². The quantitative estimate of drug-likeness (QED) is 0.269. The van der Waals surface area contributed by atoms with Gasteiger partial charge in [0.2, 0.25) is 5.95 Å². The van der Waals surface area contributed by atoms with Gasteiger partial charge in [-0.3, -0.25) is 14.5 Å². The number of nitrogens with one attached hydrogen (secondary N) is 1. The summed E-state index contributed by atoms with van der Waals surface area (Å²) in [4.78, 5) is 21.9. The van der Waals surface area contributed by atoms with Crippen molar-refractivity contribution in [3.05, 3.63) is 66.4 Å². The van der Waals surface area contributed by atoms with E-state index in [0.717, 1.165) is 66.7 Å². The van der Waals surface area contributed by atoms with Crippen LogP contribution in [0.25, 0.3) is 22.0 Å². The molecule has 0 aliphatic carbocycles. The molecule has 9 heteroatoms. The van der Waals surface area contributed by atoms with E-state index in [2.05, 4.69) is 57.8 Å². The van der Waals surface area contributed by atoms with E-state index in [1.54, 1.807) is 7.11 Å². The molecule has 0 aliphatic rings. The zero-order chi connectivity index (χ0) is 24.2. The van der Waals surface area contributed by atoms with Crippen LogP contribution in [0.1, 0.15) is 24.1 Å². The molecular weight excluding hydrogens is 432 g/mol. The molecule has 0 radical (unpaired) electrons. The minimum Gasteiger partial charge on any atom is -0.483 e. The number of anilines is 1. The number of hydrogen-bond donors (Lipinski definition) is 2. The molecule has 2 N–H and O–H groups in total. The highest BCUT2D eigenvalue weighted by molar-refractivity contribution is 5.84. The lowest BCUT2D eigenvalue weighted by Crippen LogP contribution is -2.07. The Morgan fingerprint density at radius 1 is 1.12 bits per heavy atom. The number of carbonyl (C=O) groups is 1. The molecule has 0 unspecified atom stereocenters. The molecule has 0 spiro atoms. The summed E-state index contributed by atoms with van der Waals surface area (Å²) in [5.41, 5.74) is 5.46. The second-order valence-electron chi connectivity index (χ2n) is 7.77. The Morgan fingerprint density at radius 2 is 1.97 bits per heavy atom. The lowest BCUT2D eigenvalue weighted by molar-refractivity contribution is -0.122. The van der Waals surface area contributed by atoms with E-state index < -0.39 is 0 Å². The number of ether oxygens (including phenoxy) is 1. The Balaban J connectivity index is 0.00000103. The van der Waals surface area contributed by atoms with Crippen LogP contribution in [0.3, 0.4) is 0 Å². The van der Waals surface area contributed by atoms with Gasteiger partial charge in [0.1, 0.15) is 0 Å². The minimum atomic E-state index is -0.250. The summed E-state index contributed by atoms with van der Waals surface area (Å²) in [5, 5.41) is 15.7. The molecule has 0 fully saturated rings. The van der Waals surface area contributed by atoms with Crippen molar-refractivity contribution in [2.24, 2.45) is 0 Å². The molecule has 3 aromatic heterocycles. The fourth-order valence-electron chi connectivity index (χ4n) is 3.50. The SMILES string of the molecule is COCCCn1cc(-c2ccc3cnc(NCCCc4cc(C)ccn4)nc3c2)cn1.O=CO. The predicted octanol–water partition coefficient (Wildman–Crippen LogP) is 3.98. The number of carboxylic acid groups (broad SMARTS) is 1. The third-order valence-corrected chi connectivity index (χ3v) is 5.15. The first-order valence-corrected chi connectivity index (χ1v) is 11.1. The zero-order valence-electron chi connectivity index (χ0n) is 19.5. The fraction of sp³-hybridized carbons (Fsp3) is 0.320. The van der Waals surface area contributed by atoms with Crippen molar-refractivity contribution in [2.45, 2.75) is 32.7 Å². The highest BCUT2D eigenvalue weighted by atomic mass is 16.5. The molecule has 0 amide bonds. The van der Waals surface area contributed by atoms with Crippen LogP contribution in [0, 0.1) is 6.92 Å². The summed E-state index contributed by atoms with van der Waals surface area (Å²) in [7, 11) is 1.72. The van der Waals surface area contributed by atoms with E-state index in [1.807, 2.05) is 29.3 Å². The van der Waals surface area contributed by atoms with Crippen LogP contribution < -0.4 is 5.32 Å². The number of hydrogen-bond acceptors (Lipinski definition) is 7. The molecule has 178 valence electrons. The predicted molar refractivity (Wildman–Crippen MR) is 132 cm³/mol. The second kappa shape index (κ2) is 13.0. The average molecular weight is 463 g/mol. The first-order valence-electron chi connectivity index (χ1n) is 11.1. The maximum absolute atomic E-state index is 8.36. The normalized spacial score (nSPS) is 10.5. The molecule has 0 aliphatic heterocycles. The van der Waals surface area contributed by atoms with Crippen molar-refractivity contribution < 1.29 is 14.6 Å². The molecule has 0 atom stereocenters. The largest absolute Gasteiger partial charge is 0.483 e. The molecule has 3 heterocycles. The van der Waals surface area contributed by atoms with Crippen LogP contribution in [0.4, 0.5) is 5.95 Å². The second-order valence-corrected chi connectivity index (χ2v) is 7.77. The van der Waals surface area contributed by atoms with Crippen LogP contribution >= 0.6 is 0 Å². The summed E-state index contributed by atoms with van der Waals surface area (Å²) in [6.07, 6.45) is 10.5. The lowest BCUT2D eigenvalue weighted by Gasteiger charge is -2.07. The maximum Gasteiger partial charge on any atom is 0.290 e. The third-order valence-electron chi connectivity index (χ3n) is 5.15. The van der Waals surface area contributed by atoms with Gasteiger partial charge in [-0.05, 0) is 55.5 Å². The Labute approximate surface area is 198 Å². The molecule has 34 heavy (non-hydrogen) atoms. The Kier molecular flexibility index (Phi) is 9.48.